The molecule has 2 N–H and O–H groups in total. The van der Waals surface area contributed by atoms with Crippen LogP contribution in [0.25, 0.3) is 0 Å². The molecule has 2 aliphatic rings. The number of esters is 1. The van der Waals surface area contributed by atoms with Crippen LogP contribution in [-0.2, 0) is 32.1 Å². The number of quaternary nitrogens is 1. The van der Waals surface area contributed by atoms with E-state index in [9.17, 15) is 14.4 Å². The van der Waals surface area contributed by atoms with Gasteiger partial charge in [0, 0.05) is 12.0 Å². The van der Waals surface area contributed by atoms with Crippen molar-refractivity contribution in [2.24, 2.45) is 0 Å². The van der Waals surface area contributed by atoms with E-state index in [0.29, 0.717) is 24.3 Å². The maximum Gasteiger partial charge on any atom is 0.365 e. The number of ether oxygens (including phenoxy) is 1. The molecule has 0 aliphatic carbocycles. The van der Waals surface area contributed by atoms with E-state index in [-0.39, 0.29) is 30.9 Å². The molecule has 0 spiro atoms. The van der Waals surface area contributed by atoms with Crippen molar-refractivity contribution in [2.75, 3.05) is 30.4 Å². The van der Waals surface area contributed by atoms with E-state index in [1.807, 2.05) is 42.5 Å². The lowest BCUT2D eigenvalue weighted by Crippen LogP contribution is -3.17. The fraction of sp³-hybridized carbons (Fsp3) is 0.286. The van der Waals surface area contributed by atoms with E-state index in [0.717, 1.165) is 16.0 Å². The Hall–Kier alpha value is -3.19. The standard InChI is InChI=1S/C21H21N3O4/c1-28-21(27)18-10-14-6-2-3-7-15(14)11-23(18)13-20(26)24-12-19(25)22-16-8-4-5-9-17(16)24/h2-9,18H,10-13H2,1H3,(H,22,25)/p+1/t18-/m0/s1. The summed E-state index contributed by atoms with van der Waals surface area (Å²) in [7, 11) is 1.37. The Kier molecular flexibility index (Phi) is 4.83. The Morgan fingerprint density at radius 3 is 2.64 bits per heavy atom. The Morgan fingerprint density at radius 1 is 1.14 bits per heavy atom. The molecular formula is C21H22N3O4+. The minimum Gasteiger partial charge on any atom is -0.465 e. The van der Waals surface area contributed by atoms with Crippen LogP contribution in [0.1, 0.15) is 11.1 Å². The molecule has 7 heteroatoms. The molecule has 0 aromatic heterocycles. The predicted molar refractivity (Wildman–Crippen MR) is 103 cm³/mol. The first-order chi connectivity index (χ1) is 13.6. The monoisotopic (exact) mass is 380 g/mol. The van der Waals surface area contributed by atoms with Gasteiger partial charge >= 0.3 is 5.97 Å². The number of amides is 2. The van der Waals surface area contributed by atoms with Gasteiger partial charge in [-0.25, -0.2) is 4.79 Å². The predicted octanol–water partition coefficient (Wildman–Crippen LogP) is 0.155. The summed E-state index contributed by atoms with van der Waals surface area (Å²) in [4.78, 5) is 39.8. The number of rotatable bonds is 3. The number of carbonyl (C=O) groups is 3. The Labute approximate surface area is 162 Å². The molecule has 144 valence electrons. The summed E-state index contributed by atoms with van der Waals surface area (Å²) in [5.41, 5.74) is 3.54. The van der Waals surface area contributed by atoms with E-state index in [2.05, 4.69) is 5.32 Å². The average Bonchev–Trinajstić information content (AvgIpc) is 2.72. The lowest BCUT2D eigenvalue weighted by atomic mass is 9.94. The SMILES string of the molecule is COC(=O)[C@@H]1Cc2ccccc2C[NH+]1CC(=O)N1CC(=O)Nc2ccccc21. The third-order valence-corrected chi connectivity index (χ3v) is 5.39. The number of carbonyl (C=O) groups excluding carboxylic acids is 3. The molecular weight excluding hydrogens is 358 g/mol. The fourth-order valence-electron chi connectivity index (χ4n) is 3.98. The van der Waals surface area contributed by atoms with Gasteiger partial charge in [0.2, 0.25) is 5.91 Å². The van der Waals surface area contributed by atoms with Gasteiger partial charge in [-0.1, -0.05) is 36.4 Å². The maximum atomic E-state index is 13.1. The fourth-order valence-corrected chi connectivity index (χ4v) is 3.98. The third-order valence-electron chi connectivity index (χ3n) is 5.39. The normalized spacial score (nSPS) is 20.6. The number of hydrogen-bond acceptors (Lipinski definition) is 4. The largest absolute Gasteiger partial charge is 0.465 e. The van der Waals surface area contributed by atoms with E-state index in [4.69, 9.17) is 4.74 Å². The van der Waals surface area contributed by atoms with Crippen molar-refractivity contribution in [3.8, 4) is 0 Å². The summed E-state index contributed by atoms with van der Waals surface area (Å²) in [6.07, 6.45) is 0.530. The molecule has 4 rings (SSSR count). The van der Waals surface area contributed by atoms with Crippen LogP contribution in [0.3, 0.4) is 0 Å². The van der Waals surface area contributed by atoms with Crippen molar-refractivity contribution in [2.45, 2.75) is 19.0 Å². The Balaban J connectivity index is 1.59. The molecule has 2 heterocycles. The highest BCUT2D eigenvalue weighted by Crippen LogP contribution is 2.28. The molecule has 0 saturated carbocycles. The first-order valence-corrected chi connectivity index (χ1v) is 9.25. The molecule has 0 fully saturated rings. The summed E-state index contributed by atoms with van der Waals surface area (Å²) in [5.74, 6) is -0.741. The summed E-state index contributed by atoms with van der Waals surface area (Å²) < 4.78 is 4.99. The molecule has 7 nitrogen and oxygen atoms in total. The molecule has 2 amide bonds. The van der Waals surface area contributed by atoms with Crippen LogP contribution in [0.5, 0.6) is 0 Å². The number of benzene rings is 2. The lowest BCUT2D eigenvalue weighted by Gasteiger charge is -2.34. The minimum atomic E-state index is -0.447. The lowest BCUT2D eigenvalue weighted by molar-refractivity contribution is -0.924. The molecule has 0 bridgehead atoms. The maximum absolute atomic E-state index is 13.1. The van der Waals surface area contributed by atoms with Gasteiger partial charge in [0.1, 0.15) is 13.1 Å². The van der Waals surface area contributed by atoms with Gasteiger partial charge in [0.05, 0.1) is 18.5 Å². The van der Waals surface area contributed by atoms with E-state index in [1.165, 1.54) is 12.0 Å². The van der Waals surface area contributed by atoms with Crippen molar-refractivity contribution in [3.63, 3.8) is 0 Å². The van der Waals surface area contributed by atoms with Crippen LogP contribution in [-0.4, -0.2) is 44.0 Å². The minimum absolute atomic E-state index is 0.0252. The summed E-state index contributed by atoms with van der Waals surface area (Å²) >= 11 is 0. The van der Waals surface area contributed by atoms with Gasteiger partial charge < -0.3 is 15.0 Å². The zero-order chi connectivity index (χ0) is 19.7. The number of nitrogens with zero attached hydrogens (tertiary/aromatic N) is 1. The van der Waals surface area contributed by atoms with Crippen molar-refractivity contribution in [1.82, 2.24) is 0 Å². The number of fused-ring (bicyclic) bond motifs is 2. The Bertz CT molecular complexity index is 943. The molecule has 1 unspecified atom stereocenters. The van der Waals surface area contributed by atoms with Gasteiger partial charge in [-0.05, 0) is 17.7 Å². The molecule has 2 aromatic carbocycles. The topological polar surface area (TPSA) is 80.2 Å². The quantitative estimate of drug-likeness (QED) is 0.744. The average molecular weight is 380 g/mol. The van der Waals surface area contributed by atoms with E-state index in [1.54, 1.807) is 6.07 Å². The number of anilines is 2. The van der Waals surface area contributed by atoms with Gasteiger partial charge in [-0.3, -0.25) is 14.5 Å². The Morgan fingerprint density at radius 2 is 1.86 bits per heavy atom. The van der Waals surface area contributed by atoms with Crippen molar-refractivity contribution in [3.05, 3.63) is 59.7 Å². The summed E-state index contributed by atoms with van der Waals surface area (Å²) in [6, 6.07) is 14.7. The number of nitrogens with one attached hydrogen (secondary N) is 2. The molecule has 2 atom stereocenters. The van der Waals surface area contributed by atoms with Crippen molar-refractivity contribution >= 4 is 29.2 Å². The molecule has 28 heavy (non-hydrogen) atoms. The smallest absolute Gasteiger partial charge is 0.365 e. The highest BCUT2D eigenvalue weighted by Gasteiger charge is 2.39. The highest BCUT2D eigenvalue weighted by molar-refractivity contribution is 6.10. The first-order valence-electron chi connectivity index (χ1n) is 9.25. The van der Waals surface area contributed by atoms with Crippen molar-refractivity contribution in [1.29, 1.82) is 0 Å². The zero-order valence-electron chi connectivity index (χ0n) is 15.6. The highest BCUT2D eigenvalue weighted by atomic mass is 16.5. The number of hydrogen-bond donors (Lipinski definition) is 2. The van der Waals surface area contributed by atoms with E-state index < -0.39 is 6.04 Å². The summed E-state index contributed by atoms with van der Waals surface area (Å²) in [6.45, 7) is 0.641. The van der Waals surface area contributed by atoms with E-state index >= 15 is 0 Å². The first kappa shape index (κ1) is 18.2. The van der Waals surface area contributed by atoms with Crippen LogP contribution in [0.4, 0.5) is 11.4 Å². The summed E-state index contributed by atoms with van der Waals surface area (Å²) in [5, 5.41) is 2.78. The number of para-hydroxylation sites is 2. The van der Waals surface area contributed by atoms with Gasteiger partial charge in [-0.2, -0.15) is 0 Å². The molecule has 2 aromatic rings. The van der Waals surface area contributed by atoms with Crippen LogP contribution >= 0.6 is 0 Å². The van der Waals surface area contributed by atoms with Crippen LogP contribution in [0.15, 0.2) is 48.5 Å². The van der Waals surface area contributed by atoms with Crippen LogP contribution < -0.4 is 15.1 Å². The third kappa shape index (κ3) is 3.36. The second-order valence-electron chi connectivity index (χ2n) is 7.11. The zero-order valence-corrected chi connectivity index (χ0v) is 15.6. The second-order valence-corrected chi connectivity index (χ2v) is 7.11. The van der Waals surface area contributed by atoms with Crippen LogP contribution in [0, 0.1) is 0 Å². The van der Waals surface area contributed by atoms with Gasteiger partial charge in [0.15, 0.2) is 12.6 Å². The van der Waals surface area contributed by atoms with Gasteiger partial charge in [-0.15, -0.1) is 0 Å². The molecule has 0 saturated heterocycles. The van der Waals surface area contributed by atoms with Gasteiger partial charge in [0.25, 0.3) is 5.91 Å². The van der Waals surface area contributed by atoms with Crippen LogP contribution in [0.2, 0.25) is 0 Å². The molecule has 2 aliphatic heterocycles. The number of methoxy groups -OCH3 is 1. The molecule has 0 radical (unpaired) electrons. The van der Waals surface area contributed by atoms with Crippen molar-refractivity contribution < 1.29 is 24.0 Å². The second kappa shape index (κ2) is 7.44.